The number of nitrogens with zero attached hydrogens (tertiary/aromatic N) is 4. The Kier molecular flexibility index (Phi) is 25.6. The van der Waals surface area contributed by atoms with Gasteiger partial charge in [0.2, 0.25) is 41.4 Å². The molecule has 0 unspecified atom stereocenters. The van der Waals surface area contributed by atoms with Crippen LogP contribution in [0.3, 0.4) is 0 Å². The molecule has 3 heterocycles. The van der Waals surface area contributed by atoms with Gasteiger partial charge in [0.15, 0.2) is 0 Å². The van der Waals surface area contributed by atoms with Crippen LogP contribution in [0.5, 0.6) is 0 Å². The zero-order chi connectivity index (χ0) is 61.7. The van der Waals surface area contributed by atoms with Crippen LogP contribution in [-0.2, 0) is 68.7 Å². The first-order valence-corrected chi connectivity index (χ1v) is 27.7. The molecule has 3 aromatic rings. The van der Waals surface area contributed by atoms with Gasteiger partial charge in [-0.3, -0.25) is 52.8 Å². The molecule has 0 bridgehead atoms. The van der Waals surface area contributed by atoms with Gasteiger partial charge in [-0.05, 0) is 60.4 Å². The summed E-state index contributed by atoms with van der Waals surface area (Å²) in [7, 11) is 1.35. The summed E-state index contributed by atoms with van der Waals surface area (Å²) in [5.74, 6) is -9.40. The monoisotopic (exact) mass is 1180 g/mol. The van der Waals surface area contributed by atoms with E-state index < -0.39 is 132 Å². The van der Waals surface area contributed by atoms with Gasteiger partial charge >= 0.3 is 5.97 Å². The molecular weight excluding hydrogens is 1100 g/mol. The average molecular weight is 1180 g/mol. The first-order chi connectivity index (χ1) is 39.9. The second kappa shape index (κ2) is 32.2. The summed E-state index contributed by atoms with van der Waals surface area (Å²) >= 11 is 0. The molecule has 5 rings (SSSR count). The van der Waals surface area contributed by atoms with Gasteiger partial charge in [0.05, 0.1) is 52.1 Å². The van der Waals surface area contributed by atoms with E-state index in [1.165, 1.54) is 11.9 Å². The Bertz CT molecular complexity index is 2820. The number of halogens is 2. The minimum Gasteiger partial charge on any atom is -0.481 e. The highest BCUT2D eigenvalue weighted by Gasteiger charge is 2.42. The summed E-state index contributed by atoms with van der Waals surface area (Å²) in [5, 5.41) is 33.1. The number of aliphatic hydroxyl groups excluding tert-OH is 1. The van der Waals surface area contributed by atoms with Crippen LogP contribution in [0.4, 0.5) is 8.78 Å². The molecule has 0 radical (unpaired) electrons. The van der Waals surface area contributed by atoms with Gasteiger partial charge in [0.25, 0.3) is 11.8 Å². The first-order valence-electron chi connectivity index (χ1n) is 27.7. The summed E-state index contributed by atoms with van der Waals surface area (Å²) in [4.78, 5) is 133. The van der Waals surface area contributed by atoms with Crippen LogP contribution in [0.1, 0.15) is 84.0 Å². The van der Waals surface area contributed by atoms with Gasteiger partial charge in [-0.15, -0.1) is 0 Å². The number of carbonyl (C=O) groups excluding carboxylic acids is 9. The number of benzene rings is 2. The second-order valence-corrected chi connectivity index (χ2v) is 21.5. The summed E-state index contributed by atoms with van der Waals surface area (Å²) in [5.41, 5.74) is 0.872. The van der Waals surface area contributed by atoms with E-state index in [-0.39, 0.29) is 90.6 Å². The van der Waals surface area contributed by atoms with E-state index in [4.69, 9.17) is 14.2 Å². The van der Waals surface area contributed by atoms with Gasteiger partial charge in [0.1, 0.15) is 49.0 Å². The maximum absolute atomic E-state index is 15.3. The third kappa shape index (κ3) is 19.6. The molecule has 84 heavy (non-hydrogen) atoms. The molecule has 7 N–H and O–H groups in total. The third-order valence-electron chi connectivity index (χ3n) is 13.9. The number of aromatic nitrogens is 1. The fourth-order valence-corrected chi connectivity index (χ4v) is 9.76. The van der Waals surface area contributed by atoms with Gasteiger partial charge in [-0.25, -0.2) is 8.78 Å². The Balaban J connectivity index is 1.17. The van der Waals surface area contributed by atoms with E-state index in [0.29, 0.717) is 17.7 Å². The predicted molar refractivity (Wildman–Crippen MR) is 299 cm³/mol. The highest BCUT2D eigenvalue weighted by Crippen LogP contribution is 2.41. The number of aliphatic carboxylic acids is 1. The number of amides is 9. The number of imide groups is 1. The topological polar surface area (TPSA) is 314 Å². The van der Waals surface area contributed by atoms with E-state index >= 15 is 4.39 Å². The van der Waals surface area contributed by atoms with Crippen LogP contribution in [0.25, 0.3) is 11.1 Å². The summed E-state index contributed by atoms with van der Waals surface area (Å²) in [6.07, 6.45) is 3.05. The lowest BCUT2D eigenvalue weighted by atomic mass is 9.82. The summed E-state index contributed by atoms with van der Waals surface area (Å²) < 4.78 is 48.0. The van der Waals surface area contributed by atoms with Crippen LogP contribution in [0.2, 0.25) is 0 Å². The molecule has 1 fully saturated rings. The average Bonchev–Trinajstić information content (AvgIpc) is 3.16. The number of carboxylic acids is 1. The number of likely N-dealkylation sites (N-methyl/N-ethyl adjacent to an activating group) is 1. The van der Waals surface area contributed by atoms with Crippen molar-refractivity contribution in [2.24, 2.45) is 11.3 Å². The lowest BCUT2D eigenvalue weighted by Gasteiger charge is -2.41. The largest absolute Gasteiger partial charge is 0.481 e. The number of aliphatic hydroxyl groups is 1. The fourth-order valence-electron chi connectivity index (χ4n) is 9.76. The normalized spacial score (nSPS) is 15.6. The minimum atomic E-state index is -1.56. The SMILES string of the molecule is CNC(=O)[C@H](CCN(C(=O)CO)[C@@H](c1cc(-c2cc(F)ccc2F)cn1Cc1ccccc1)C(C)(C)C)NC(=O)[C@@H](NC(=O)[C@@H]1CCCN1C(=O)[C@H](CC(=O)O)NC(=O)CCOCCOCCOCCNC(=O)CN1C(=O)C=CC1=O)C(C)C. The van der Waals surface area contributed by atoms with Crippen molar-refractivity contribution >= 4 is 59.1 Å². The van der Waals surface area contributed by atoms with Crippen molar-refractivity contribution in [3.63, 3.8) is 0 Å². The molecule has 1 aromatic heterocycles. The molecule has 26 heteroatoms. The van der Waals surface area contributed by atoms with Gasteiger partial charge in [-0.2, -0.15) is 0 Å². The Labute approximate surface area is 485 Å². The van der Waals surface area contributed by atoms with Crippen molar-refractivity contribution in [2.75, 3.05) is 79.5 Å². The molecule has 1 saturated heterocycles. The molecule has 24 nitrogen and oxygen atoms in total. The number of hydrogen-bond acceptors (Lipinski definition) is 14. The van der Waals surface area contributed by atoms with Crippen LogP contribution < -0.4 is 26.6 Å². The molecule has 0 aliphatic carbocycles. The van der Waals surface area contributed by atoms with Gasteiger partial charge in [0, 0.05) is 74.8 Å². The molecule has 2 aromatic carbocycles. The Morgan fingerprint density at radius 3 is 2.08 bits per heavy atom. The number of ether oxygens (including phenoxy) is 3. The predicted octanol–water partition coefficient (Wildman–Crippen LogP) is 1.58. The maximum Gasteiger partial charge on any atom is 0.305 e. The van der Waals surface area contributed by atoms with E-state index in [1.54, 1.807) is 26.1 Å². The molecular formula is C58H77F2N9O15. The number of nitrogens with one attached hydrogen (secondary N) is 5. The zero-order valence-electron chi connectivity index (χ0n) is 48.2. The van der Waals surface area contributed by atoms with Crippen molar-refractivity contribution in [3.8, 4) is 11.1 Å². The molecule has 9 amide bonds. The smallest absolute Gasteiger partial charge is 0.305 e. The minimum absolute atomic E-state index is 0.0151. The van der Waals surface area contributed by atoms with Crippen LogP contribution in [-0.4, -0.2) is 192 Å². The van der Waals surface area contributed by atoms with E-state index in [1.807, 2.05) is 55.7 Å². The highest BCUT2D eigenvalue weighted by molar-refractivity contribution is 6.14. The first kappa shape index (κ1) is 66.9. The molecule has 0 saturated carbocycles. The van der Waals surface area contributed by atoms with Gasteiger partial charge < -0.3 is 65.4 Å². The fraction of sp³-hybridized carbons (Fsp3) is 0.517. The van der Waals surface area contributed by atoms with Crippen molar-refractivity contribution in [1.29, 1.82) is 0 Å². The van der Waals surface area contributed by atoms with E-state index in [0.717, 1.165) is 45.7 Å². The number of hydrogen-bond donors (Lipinski definition) is 7. The number of carbonyl (C=O) groups is 10. The van der Waals surface area contributed by atoms with Crippen LogP contribution in [0, 0.1) is 23.0 Å². The maximum atomic E-state index is 15.3. The molecule has 458 valence electrons. The number of likely N-dealkylation sites (tertiary alicyclic amines) is 1. The van der Waals surface area contributed by atoms with Gasteiger partial charge in [-0.1, -0.05) is 65.0 Å². The molecule has 2 aliphatic heterocycles. The quantitative estimate of drug-likeness (QED) is 0.0337. The summed E-state index contributed by atoms with van der Waals surface area (Å²) in [6.45, 7) is 8.35. The van der Waals surface area contributed by atoms with Crippen molar-refractivity contribution in [1.82, 2.24) is 45.9 Å². The second-order valence-electron chi connectivity index (χ2n) is 21.5. The Hall–Kier alpha value is -7.94. The van der Waals surface area contributed by atoms with E-state index in [9.17, 15) is 62.5 Å². The number of carboxylic acid groups (broad SMARTS) is 1. The zero-order valence-corrected chi connectivity index (χ0v) is 48.2. The highest BCUT2D eigenvalue weighted by atomic mass is 19.1. The molecule has 2 aliphatic rings. The Morgan fingerprint density at radius 2 is 1.46 bits per heavy atom. The van der Waals surface area contributed by atoms with Crippen LogP contribution in [0.15, 0.2) is 72.9 Å². The molecule has 0 spiro atoms. The summed E-state index contributed by atoms with van der Waals surface area (Å²) in [6, 6.07) is 7.90. The van der Waals surface area contributed by atoms with Crippen molar-refractivity contribution < 1.29 is 81.1 Å². The van der Waals surface area contributed by atoms with Crippen LogP contribution >= 0.6 is 0 Å². The standard InChI is InChI=1S/C58H77F2N9O15/c1-36(2)52(65-55(79)44-13-10-21-67(44)57(81)43(31-51(76)77)63-46(71)19-23-82-25-27-84-28-26-83-24-20-62-47(72)34-69-48(73)16-17-49(69)74)56(80)64-42(54(78)61-6)18-22-68(50(75)35-70)53(58(3,4)5)45-29-38(40-30-39(59)14-15-41(40)60)33-66(45)32-37-11-8-7-9-12-37/h7-9,11-12,14-17,29-30,33,36,42-44,52-53,70H,10,13,18-28,31-32,34-35H2,1-6H3,(H,61,78)(H,62,72)(H,63,71)(H,64,80)(H,65,79)(H,76,77)/t42-,43-,44-,52-,53-/m0/s1. The Morgan fingerprint density at radius 1 is 0.810 bits per heavy atom. The van der Waals surface area contributed by atoms with E-state index in [2.05, 4.69) is 26.6 Å². The lowest BCUT2D eigenvalue weighted by Crippen LogP contribution is -2.59. The van der Waals surface area contributed by atoms with Crippen molar-refractivity contribution in [3.05, 3.63) is 95.8 Å². The molecule has 5 atom stereocenters. The van der Waals surface area contributed by atoms with Crippen molar-refractivity contribution in [2.45, 2.75) is 103 Å². The number of rotatable bonds is 33. The lowest BCUT2D eigenvalue weighted by molar-refractivity contribution is -0.146. The third-order valence-corrected chi connectivity index (χ3v) is 13.9.